The number of halogens is 1. The van der Waals surface area contributed by atoms with E-state index in [0.29, 0.717) is 21.2 Å². The molecule has 106 valence electrons. The number of nitrogens with zero attached hydrogens (tertiary/aromatic N) is 2. The first-order valence-corrected chi connectivity index (χ1v) is 8.32. The molecule has 0 aliphatic heterocycles. The number of nitrogens with one attached hydrogen (secondary N) is 1. The van der Waals surface area contributed by atoms with Crippen LogP contribution in [-0.2, 0) is 10.0 Å². The maximum atomic E-state index is 12.5. The molecule has 7 heteroatoms. The lowest BCUT2D eigenvalue weighted by molar-refractivity contribution is 0.602. The molecule has 1 aromatic carbocycles. The highest BCUT2D eigenvalue weighted by Gasteiger charge is 2.17. The van der Waals surface area contributed by atoms with E-state index in [1.165, 1.54) is 6.20 Å². The number of hydrogen-bond acceptors (Lipinski definition) is 4. The van der Waals surface area contributed by atoms with Crippen LogP contribution >= 0.6 is 15.9 Å². The van der Waals surface area contributed by atoms with Crippen molar-refractivity contribution < 1.29 is 8.42 Å². The quantitative estimate of drug-likeness (QED) is 0.725. The van der Waals surface area contributed by atoms with Crippen molar-refractivity contribution in [1.29, 1.82) is 0 Å². The maximum absolute atomic E-state index is 12.5. The van der Waals surface area contributed by atoms with Crippen LogP contribution in [0.25, 0.3) is 10.9 Å². The number of benzene rings is 1. The fourth-order valence-electron chi connectivity index (χ4n) is 1.96. The van der Waals surface area contributed by atoms with Gasteiger partial charge in [0.05, 0.1) is 22.3 Å². The van der Waals surface area contributed by atoms with Crippen molar-refractivity contribution in [2.45, 2.75) is 4.90 Å². The summed E-state index contributed by atoms with van der Waals surface area (Å²) >= 11 is 3.21. The summed E-state index contributed by atoms with van der Waals surface area (Å²) in [4.78, 5) is 8.35. The molecule has 0 unspecified atom stereocenters. The highest BCUT2D eigenvalue weighted by molar-refractivity contribution is 9.10. The van der Waals surface area contributed by atoms with Gasteiger partial charge < -0.3 is 0 Å². The smallest absolute Gasteiger partial charge is 0.262 e. The van der Waals surface area contributed by atoms with Crippen LogP contribution in [-0.4, -0.2) is 18.4 Å². The fourth-order valence-corrected chi connectivity index (χ4v) is 3.45. The number of fused-ring (bicyclic) bond motifs is 1. The van der Waals surface area contributed by atoms with Gasteiger partial charge in [-0.25, -0.2) is 13.4 Å². The zero-order valence-corrected chi connectivity index (χ0v) is 13.1. The van der Waals surface area contributed by atoms with Gasteiger partial charge in [-0.15, -0.1) is 0 Å². The van der Waals surface area contributed by atoms with E-state index in [9.17, 15) is 8.42 Å². The molecule has 0 aliphatic carbocycles. The van der Waals surface area contributed by atoms with E-state index in [1.807, 2.05) is 0 Å². The van der Waals surface area contributed by atoms with Crippen molar-refractivity contribution >= 4 is 42.5 Å². The van der Waals surface area contributed by atoms with Gasteiger partial charge >= 0.3 is 0 Å². The van der Waals surface area contributed by atoms with Crippen molar-refractivity contribution in [2.75, 3.05) is 4.72 Å². The summed E-state index contributed by atoms with van der Waals surface area (Å²) in [6, 6.07) is 11.7. The molecule has 5 nitrogen and oxygen atoms in total. The third-order valence-corrected chi connectivity index (χ3v) is 4.78. The van der Waals surface area contributed by atoms with E-state index >= 15 is 0 Å². The number of hydrogen-bond donors (Lipinski definition) is 1. The zero-order chi connectivity index (χ0) is 14.9. The second kappa shape index (κ2) is 5.42. The van der Waals surface area contributed by atoms with Crippen molar-refractivity contribution in [2.24, 2.45) is 0 Å². The van der Waals surface area contributed by atoms with Crippen LogP contribution < -0.4 is 4.72 Å². The number of rotatable bonds is 3. The molecule has 3 rings (SSSR count). The zero-order valence-electron chi connectivity index (χ0n) is 10.7. The lowest BCUT2D eigenvalue weighted by atomic mass is 10.2. The van der Waals surface area contributed by atoms with Crippen molar-refractivity contribution in [3.8, 4) is 0 Å². The third-order valence-electron chi connectivity index (χ3n) is 2.87. The van der Waals surface area contributed by atoms with Crippen LogP contribution in [0.4, 0.5) is 5.69 Å². The molecule has 0 saturated carbocycles. The van der Waals surface area contributed by atoms with Crippen molar-refractivity contribution in [3.05, 3.63) is 59.5 Å². The molecule has 2 heterocycles. The Kier molecular flexibility index (Phi) is 3.60. The highest BCUT2D eigenvalue weighted by Crippen LogP contribution is 2.23. The molecule has 0 amide bonds. The number of sulfonamides is 1. The molecule has 0 saturated heterocycles. The molecule has 0 aliphatic rings. The van der Waals surface area contributed by atoms with Crippen LogP contribution in [0, 0.1) is 0 Å². The highest BCUT2D eigenvalue weighted by atomic mass is 79.9. The molecule has 0 radical (unpaired) electrons. The average Bonchev–Trinajstić information content (AvgIpc) is 2.49. The standard InChI is InChI=1S/C14H10BrN3O2S/c15-14-7-6-10(9-17-14)18-21(19,20)13-5-1-4-12-11(13)3-2-8-16-12/h1-9,18H. The number of aromatic nitrogens is 2. The second-order valence-electron chi connectivity index (χ2n) is 4.30. The van der Waals surface area contributed by atoms with Crippen molar-refractivity contribution in [1.82, 2.24) is 9.97 Å². The lowest BCUT2D eigenvalue weighted by Gasteiger charge is -2.10. The minimum absolute atomic E-state index is 0.191. The molecule has 0 bridgehead atoms. The van der Waals surface area contributed by atoms with Crippen LogP contribution in [0.2, 0.25) is 0 Å². The first kappa shape index (κ1) is 14.0. The molecule has 0 fully saturated rings. The molecule has 2 aromatic heterocycles. The Balaban J connectivity index is 2.06. The second-order valence-corrected chi connectivity index (χ2v) is 6.76. The van der Waals surface area contributed by atoms with Gasteiger partial charge in [0.15, 0.2) is 0 Å². The normalized spacial score (nSPS) is 11.5. The molecule has 0 spiro atoms. The summed E-state index contributed by atoms with van der Waals surface area (Å²) < 4.78 is 28.2. The van der Waals surface area contributed by atoms with E-state index in [-0.39, 0.29) is 4.90 Å². The van der Waals surface area contributed by atoms with Gasteiger partial charge in [-0.3, -0.25) is 9.71 Å². The number of pyridine rings is 2. The van der Waals surface area contributed by atoms with E-state index in [4.69, 9.17) is 0 Å². The van der Waals surface area contributed by atoms with Crippen LogP contribution in [0.15, 0.2) is 64.4 Å². The van der Waals surface area contributed by atoms with E-state index in [2.05, 4.69) is 30.6 Å². The Bertz CT molecular complexity index is 890. The van der Waals surface area contributed by atoms with Gasteiger partial charge in [-0.2, -0.15) is 0 Å². The molecular weight excluding hydrogens is 354 g/mol. The summed E-state index contributed by atoms with van der Waals surface area (Å²) in [6.45, 7) is 0. The Morgan fingerprint density at radius 2 is 1.86 bits per heavy atom. The summed E-state index contributed by atoms with van der Waals surface area (Å²) in [5.41, 5.74) is 1.04. The monoisotopic (exact) mass is 363 g/mol. The van der Waals surface area contributed by atoms with Gasteiger partial charge in [0, 0.05) is 11.6 Å². The van der Waals surface area contributed by atoms with Crippen LogP contribution in [0.3, 0.4) is 0 Å². The summed E-state index contributed by atoms with van der Waals surface area (Å²) in [5, 5.41) is 0.581. The molecule has 1 N–H and O–H groups in total. The summed E-state index contributed by atoms with van der Waals surface area (Å²) in [7, 11) is -3.70. The van der Waals surface area contributed by atoms with Gasteiger partial charge in [-0.1, -0.05) is 6.07 Å². The van der Waals surface area contributed by atoms with Crippen LogP contribution in [0.5, 0.6) is 0 Å². The topological polar surface area (TPSA) is 72.0 Å². The third kappa shape index (κ3) is 2.88. The Morgan fingerprint density at radius 3 is 2.62 bits per heavy atom. The average molecular weight is 364 g/mol. The number of anilines is 1. The van der Waals surface area contributed by atoms with E-state index in [1.54, 1.807) is 48.7 Å². The molecule has 0 atom stereocenters. The first-order valence-electron chi connectivity index (χ1n) is 6.04. The van der Waals surface area contributed by atoms with Gasteiger partial charge in [0.2, 0.25) is 0 Å². The summed E-state index contributed by atoms with van der Waals surface area (Å²) in [6.07, 6.45) is 3.08. The Labute approximate surface area is 130 Å². The minimum Gasteiger partial charge on any atom is -0.278 e. The fraction of sp³-hybridized carbons (Fsp3) is 0. The Morgan fingerprint density at radius 1 is 1.00 bits per heavy atom. The molecular formula is C14H10BrN3O2S. The first-order chi connectivity index (χ1) is 10.1. The van der Waals surface area contributed by atoms with E-state index < -0.39 is 10.0 Å². The predicted molar refractivity (Wildman–Crippen MR) is 84.5 cm³/mol. The van der Waals surface area contributed by atoms with E-state index in [0.717, 1.165) is 0 Å². The van der Waals surface area contributed by atoms with Crippen LogP contribution in [0.1, 0.15) is 0 Å². The van der Waals surface area contributed by atoms with Gasteiger partial charge in [0.25, 0.3) is 10.0 Å². The summed E-state index contributed by atoms with van der Waals surface area (Å²) in [5.74, 6) is 0. The molecule has 21 heavy (non-hydrogen) atoms. The minimum atomic E-state index is -3.70. The maximum Gasteiger partial charge on any atom is 0.262 e. The molecule has 3 aromatic rings. The SMILES string of the molecule is O=S(=O)(Nc1ccc(Br)nc1)c1cccc2ncccc12. The van der Waals surface area contributed by atoms with Gasteiger partial charge in [0.1, 0.15) is 4.60 Å². The van der Waals surface area contributed by atoms with Crippen molar-refractivity contribution in [3.63, 3.8) is 0 Å². The largest absolute Gasteiger partial charge is 0.278 e. The predicted octanol–water partition coefficient (Wildman–Crippen LogP) is 3.19. The van der Waals surface area contributed by atoms with Gasteiger partial charge in [-0.05, 0) is 52.3 Å². The Hall–Kier alpha value is -1.99. The lowest BCUT2D eigenvalue weighted by Crippen LogP contribution is -2.13.